The lowest BCUT2D eigenvalue weighted by molar-refractivity contribution is -0.358. The van der Waals surface area contributed by atoms with E-state index in [1.54, 1.807) is 6.92 Å². The number of hydrogen-bond acceptors (Lipinski definition) is 24. The molecule has 9 aliphatic rings. The van der Waals surface area contributed by atoms with Crippen LogP contribution in [0.2, 0.25) is 0 Å². The molecule has 4 aliphatic carbocycles. The van der Waals surface area contributed by atoms with Gasteiger partial charge < -0.3 is 103 Å². The highest BCUT2D eigenvalue weighted by Gasteiger charge is 2.70. The van der Waals surface area contributed by atoms with Gasteiger partial charge in [-0.25, -0.2) is 0 Å². The largest absolute Gasteiger partial charge is 0.465 e. The molecule has 0 aromatic heterocycles. The van der Waals surface area contributed by atoms with Crippen LogP contribution in [0.5, 0.6) is 0 Å². The van der Waals surface area contributed by atoms with E-state index in [0.29, 0.717) is 38.1 Å². The van der Waals surface area contributed by atoms with Gasteiger partial charge in [0.1, 0.15) is 91.2 Å². The maximum Gasteiger partial charge on any atom is 0.306 e. The fourth-order valence-corrected chi connectivity index (χ4v) is 14.9. The molecular formula is C50H78O24. The van der Waals surface area contributed by atoms with Crippen molar-refractivity contribution in [3.8, 4) is 0 Å². The first-order valence-electron chi connectivity index (χ1n) is 26.4. The van der Waals surface area contributed by atoms with Gasteiger partial charge in [0.25, 0.3) is 0 Å². The topological polar surface area (TPSA) is 355 Å². The molecule has 28 atom stereocenters. The third-order valence-corrected chi connectivity index (χ3v) is 18.9. The zero-order chi connectivity index (χ0) is 53.3. The number of Topliss-reactive ketones (excluding diaryl/α,β-unsaturated/α-hetero) is 1. The number of ether oxygens (including phenoxy) is 11. The first kappa shape index (κ1) is 56.6. The zero-order valence-electron chi connectivity index (χ0n) is 42.5. The highest BCUT2D eigenvalue weighted by Crippen LogP contribution is 2.70. The molecule has 9 fully saturated rings. The number of carbonyl (C=O) groups is 3. The summed E-state index contributed by atoms with van der Waals surface area (Å²) >= 11 is 0. The average Bonchev–Trinajstić information content (AvgIpc) is 3.80. The molecule has 5 aliphatic heterocycles. The SMILES string of the molecule is CO[C@@H]1C[C@@H](O[C@H]2CC[C@@]3(C)[C@@H](CC[C@@]45CC[C@H]([C@H]6COC(=O)C6)[C@@](C)(CC[C@@H]43)C5=O)[C@H]2OC(C)=O)O[C@H](C)[C@H]1O[C@@H]1O[C@H](CO[C@@H]2O[C@H](CO[C@@H]3O[C@H](CO)[C@@H](O)[C@H](O)[C@H]3O)[C@@H](O)[C@H](O)[C@H]2O)[C@@H](O)[C@H](O)[C@H]1O. The van der Waals surface area contributed by atoms with Gasteiger partial charge >= 0.3 is 11.9 Å². The van der Waals surface area contributed by atoms with Crippen molar-refractivity contribution in [2.45, 2.75) is 221 Å². The molecule has 0 aromatic rings. The predicted octanol–water partition coefficient (Wildman–Crippen LogP) is -2.56. The predicted molar refractivity (Wildman–Crippen MR) is 244 cm³/mol. The van der Waals surface area contributed by atoms with Crippen LogP contribution in [-0.2, 0) is 66.5 Å². The Morgan fingerprint density at radius 2 is 1.22 bits per heavy atom. The van der Waals surface area contributed by atoms with Gasteiger partial charge in [0, 0.05) is 43.1 Å². The number of aliphatic hydroxyl groups excluding tert-OH is 10. The Kier molecular flexibility index (Phi) is 17.0. The van der Waals surface area contributed by atoms with E-state index in [0.717, 1.165) is 32.1 Å². The quantitative estimate of drug-likeness (QED) is 0.0632. The minimum atomic E-state index is -1.87. The Labute approximate surface area is 428 Å². The summed E-state index contributed by atoms with van der Waals surface area (Å²) in [6.07, 6.45) is -23.3. The molecule has 24 nitrogen and oxygen atoms in total. The van der Waals surface area contributed by atoms with Gasteiger partial charge in [0.15, 0.2) is 25.2 Å². The first-order chi connectivity index (χ1) is 35.1. The number of cyclic esters (lactones) is 1. The minimum absolute atomic E-state index is 0.0497. The van der Waals surface area contributed by atoms with Gasteiger partial charge in [-0.3, -0.25) is 14.4 Å². The molecule has 2 bridgehead atoms. The number of aliphatic hydroxyl groups is 10. The molecule has 5 heterocycles. The first-order valence-corrected chi connectivity index (χ1v) is 26.4. The van der Waals surface area contributed by atoms with Gasteiger partial charge in [-0.1, -0.05) is 13.8 Å². The number of carbonyl (C=O) groups excluding carboxylic acids is 3. The van der Waals surface area contributed by atoms with Crippen LogP contribution in [0.25, 0.3) is 0 Å². The van der Waals surface area contributed by atoms with Gasteiger partial charge in [-0.2, -0.15) is 0 Å². The van der Waals surface area contributed by atoms with Crippen molar-refractivity contribution >= 4 is 17.7 Å². The Morgan fingerprint density at radius 1 is 0.649 bits per heavy atom. The van der Waals surface area contributed by atoms with Crippen molar-refractivity contribution in [1.29, 1.82) is 0 Å². The number of rotatable bonds is 14. The molecule has 10 N–H and O–H groups in total. The minimum Gasteiger partial charge on any atom is -0.465 e. The van der Waals surface area contributed by atoms with Gasteiger partial charge in [-0.05, 0) is 75.5 Å². The smallest absolute Gasteiger partial charge is 0.306 e. The van der Waals surface area contributed by atoms with E-state index in [4.69, 9.17) is 52.1 Å². The van der Waals surface area contributed by atoms with E-state index in [2.05, 4.69) is 13.8 Å². The van der Waals surface area contributed by atoms with E-state index in [1.807, 2.05) is 0 Å². The van der Waals surface area contributed by atoms with Crippen LogP contribution in [0.4, 0.5) is 0 Å². The second-order valence-electron chi connectivity index (χ2n) is 23.0. The summed E-state index contributed by atoms with van der Waals surface area (Å²) in [6, 6.07) is 0. The van der Waals surface area contributed by atoms with Gasteiger partial charge in [0.2, 0.25) is 0 Å². The van der Waals surface area contributed by atoms with Gasteiger partial charge in [-0.15, -0.1) is 0 Å². The van der Waals surface area contributed by atoms with E-state index in [9.17, 15) is 65.4 Å². The normalized spacial score (nSPS) is 52.7. The molecule has 0 aromatic carbocycles. The van der Waals surface area contributed by atoms with Gasteiger partial charge in [0.05, 0.1) is 51.2 Å². The fourth-order valence-electron chi connectivity index (χ4n) is 14.9. The summed E-state index contributed by atoms with van der Waals surface area (Å²) < 4.78 is 65.0. The highest BCUT2D eigenvalue weighted by molar-refractivity contribution is 5.92. The lowest BCUT2D eigenvalue weighted by atomic mass is 9.36. The number of ketones is 1. The second kappa shape index (κ2) is 22.2. The number of esters is 2. The van der Waals surface area contributed by atoms with Crippen molar-refractivity contribution in [3.63, 3.8) is 0 Å². The average molecular weight is 1060 g/mol. The van der Waals surface area contributed by atoms with Crippen LogP contribution in [0.15, 0.2) is 0 Å². The van der Waals surface area contributed by atoms with E-state index in [-0.39, 0.29) is 41.5 Å². The molecular weight excluding hydrogens is 985 g/mol. The van der Waals surface area contributed by atoms with E-state index < -0.39 is 166 Å². The number of methoxy groups -OCH3 is 1. The lowest BCUT2D eigenvalue weighted by Crippen LogP contribution is -2.67. The third kappa shape index (κ3) is 10.1. The molecule has 24 heteroatoms. The Hall–Kier alpha value is -2.15. The van der Waals surface area contributed by atoms with Crippen LogP contribution < -0.4 is 0 Å². The van der Waals surface area contributed by atoms with E-state index in [1.165, 1.54) is 14.0 Å². The fraction of sp³-hybridized carbons (Fsp3) is 0.940. The van der Waals surface area contributed by atoms with Crippen LogP contribution in [0, 0.1) is 39.9 Å². The molecule has 0 amide bonds. The molecule has 5 saturated heterocycles. The van der Waals surface area contributed by atoms with Crippen molar-refractivity contribution in [3.05, 3.63) is 0 Å². The third-order valence-electron chi connectivity index (χ3n) is 18.9. The lowest BCUT2D eigenvalue weighted by Gasteiger charge is -2.67. The monoisotopic (exact) mass is 1060 g/mol. The summed E-state index contributed by atoms with van der Waals surface area (Å²) in [7, 11) is 1.46. The van der Waals surface area contributed by atoms with Crippen molar-refractivity contribution < 1.29 is 118 Å². The second-order valence-corrected chi connectivity index (χ2v) is 23.0. The molecule has 422 valence electrons. The van der Waals surface area contributed by atoms with Crippen LogP contribution in [0.1, 0.15) is 91.9 Å². The maximum atomic E-state index is 14.9. The van der Waals surface area contributed by atoms with Crippen LogP contribution in [0.3, 0.4) is 0 Å². The molecule has 0 unspecified atom stereocenters. The molecule has 0 radical (unpaired) electrons. The Morgan fingerprint density at radius 3 is 1.78 bits per heavy atom. The Bertz CT molecular complexity index is 1980. The Balaban J connectivity index is 0.812. The van der Waals surface area contributed by atoms with E-state index >= 15 is 0 Å². The van der Waals surface area contributed by atoms with Crippen molar-refractivity contribution in [1.82, 2.24) is 0 Å². The summed E-state index contributed by atoms with van der Waals surface area (Å²) in [5.41, 5.74) is -1.34. The van der Waals surface area contributed by atoms with Crippen LogP contribution in [-0.4, -0.2) is 231 Å². The van der Waals surface area contributed by atoms with Crippen LogP contribution >= 0.6 is 0 Å². The summed E-state index contributed by atoms with van der Waals surface area (Å²) in [6.45, 7) is 5.85. The molecule has 9 rings (SSSR count). The maximum absolute atomic E-state index is 14.9. The molecule has 1 spiro atoms. The van der Waals surface area contributed by atoms with Crippen molar-refractivity contribution in [2.75, 3.05) is 33.5 Å². The van der Waals surface area contributed by atoms with Crippen molar-refractivity contribution in [2.24, 2.45) is 39.9 Å². The number of hydrogen-bond donors (Lipinski definition) is 10. The molecule has 74 heavy (non-hydrogen) atoms. The number of fused-ring (bicyclic) bond motifs is 3. The zero-order valence-corrected chi connectivity index (χ0v) is 42.5. The summed E-state index contributed by atoms with van der Waals surface area (Å²) in [5.74, 6) is -0.181. The molecule has 4 saturated carbocycles. The standard InChI is InChI=1S/C50H78O24/c1-20-42(74-46-41(62)38(59)35(56)29(73-46)19-67-45-40(61)37(58)34(55)28(72-45)18-66-44-39(60)36(57)33(54)27(16-51)71-44)26(64-5)15-32(68-20)70-25-8-10-48(3)24(43(25)69-21(2)52)7-13-50-12-6-23(22-14-31(53)65-17-22)49(4,47(50)63)11-9-30(48)50/h20,22-30,32-46,51,54-62H,6-19H2,1-5H3/t20-,22-,23-,24+,25+,26-,27-,28-,29-,30-,32-,33-,34-,35-,36+,37+,38+,39-,40-,41-,42-,43-,44-,45-,46+,48+,49-,50+/m1/s1. The summed E-state index contributed by atoms with van der Waals surface area (Å²) in [4.78, 5) is 39.9. The highest BCUT2D eigenvalue weighted by atomic mass is 16.8. The summed E-state index contributed by atoms with van der Waals surface area (Å²) in [5, 5.41) is 105.